The van der Waals surface area contributed by atoms with Gasteiger partial charge in [-0.3, -0.25) is 4.72 Å². The standard InChI is InChI=1S/C14H13BrFNO3S/c1-9(18)11-4-2-3-5-13(11)17-21(19,20)14-7-6-10(16)8-12(14)15/h2-9,17-18H,1H3. The predicted molar refractivity (Wildman–Crippen MR) is 82.0 cm³/mol. The second kappa shape index (κ2) is 6.13. The first-order valence-corrected chi connectivity index (χ1v) is 8.34. The Morgan fingerprint density at radius 1 is 1.24 bits per heavy atom. The minimum atomic E-state index is -3.89. The molecule has 2 N–H and O–H groups in total. The van der Waals surface area contributed by atoms with Crippen LogP contribution < -0.4 is 4.72 Å². The lowest BCUT2D eigenvalue weighted by Gasteiger charge is -2.15. The van der Waals surface area contributed by atoms with Gasteiger partial charge in [-0.1, -0.05) is 18.2 Å². The van der Waals surface area contributed by atoms with Crippen LogP contribution >= 0.6 is 15.9 Å². The molecule has 1 atom stereocenters. The predicted octanol–water partition coefficient (Wildman–Crippen LogP) is 3.44. The number of benzene rings is 2. The second-order valence-corrected chi connectivity index (χ2v) is 6.95. The third-order valence-electron chi connectivity index (χ3n) is 2.84. The molecule has 112 valence electrons. The van der Waals surface area contributed by atoms with Crippen LogP contribution in [0.1, 0.15) is 18.6 Å². The van der Waals surface area contributed by atoms with Gasteiger partial charge in [0.2, 0.25) is 0 Å². The van der Waals surface area contributed by atoms with Gasteiger partial charge in [-0.25, -0.2) is 12.8 Å². The minimum absolute atomic E-state index is 0.0794. The number of hydrogen-bond donors (Lipinski definition) is 2. The van der Waals surface area contributed by atoms with Crippen LogP contribution in [0.3, 0.4) is 0 Å². The summed E-state index contributed by atoms with van der Waals surface area (Å²) in [5.74, 6) is -0.537. The lowest BCUT2D eigenvalue weighted by Crippen LogP contribution is -2.15. The highest BCUT2D eigenvalue weighted by Gasteiger charge is 2.20. The first-order valence-electron chi connectivity index (χ1n) is 6.06. The second-order valence-electron chi connectivity index (χ2n) is 4.44. The maximum Gasteiger partial charge on any atom is 0.263 e. The Hall–Kier alpha value is -1.44. The molecule has 0 amide bonds. The molecule has 0 aromatic heterocycles. The average Bonchev–Trinajstić information content (AvgIpc) is 2.37. The molecule has 4 nitrogen and oxygen atoms in total. The summed E-state index contributed by atoms with van der Waals surface area (Å²) in [6.45, 7) is 1.54. The molecule has 1 unspecified atom stereocenters. The van der Waals surface area contributed by atoms with E-state index >= 15 is 0 Å². The zero-order valence-electron chi connectivity index (χ0n) is 11.0. The molecule has 7 heteroatoms. The summed E-state index contributed by atoms with van der Waals surface area (Å²) in [6.07, 6.45) is -0.819. The first kappa shape index (κ1) is 15.9. The largest absolute Gasteiger partial charge is 0.389 e. The number of aliphatic hydroxyl groups is 1. The Morgan fingerprint density at radius 2 is 1.90 bits per heavy atom. The normalized spacial score (nSPS) is 13.0. The first-order chi connectivity index (χ1) is 9.81. The molecule has 0 spiro atoms. The SMILES string of the molecule is CC(O)c1ccccc1NS(=O)(=O)c1ccc(F)cc1Br. The van der Waals surface area contributed by atoms with Crippen molar-refractivity contribution < 1.29 is 17.9 Å². The molecule has 0 aliphatic heterocycles. The van der Waals surface area contributed by atoms with Crippen molar-refractivity contribution >= 4 is 31.6 Å². The van der Waals surface area contributed by atoms with E-state index in [1.807, 2.05) is 0 Å². The lowest BCUT2D eigenvalue weighted by molar-refractivity contribution is 0.200. The van der Waals surface area contributed by atoms with E-state index in [1.54, 1.807) is 31.2 Å². The fourth-order valence-corrected chi connectivity index (χ4v) is 3.99. The van der Waals surface area contributed by atoms with Crippen molar-refractivity contribution in [2.75, 3.05) is 4.72 Å². The number of halogens is 2. The van der Waals surface area contributed by atoms with Crippen LogP contribution in [0.25, 0.3) is 0 Å². The number of para-hydroxylation sites is 1. The molecule has 0 saturated heterocycles. The van der Waals surface area contributed by atoms with Crippen molar-refractivity contribution in [3.63, 3.8) is 0 Å². The van der Waals surface area contributed by atoms with Crippen molar-refractivity contribution in [3.05, 3.63) is 58.3 Å². The van der Waals surface area contributed by atoms with E-state index in [2.05, 4.69) is 20.7 Å². The monoisotopic (exact) mass is 373 g/mol. The summed E-state index contributed by atoms with van der Waals surface area (Å²) in [7, 11) is -3.89. The number of anilines is 1. The third kappa shape index (κ3) is 3.61. The van der Waals surface area contributed by atoms with Gasteiger partial charge in [0.25, 0.3) is 10.0 Å². The lowest BCUT2D eigenvalue weighted by atomic mass is 10.1. The van der Waals surface area contributed by atoms with E-state index in [0.717, 1.165) is 12.1 Å². The summed E-state index contributed by atoms with van der Waals surface area (Å²) in [6, 6.07) is 9.86. The van der Waals surface area contributed by atoms with Crippen molar-refractivity contribution in [2.45, 2.75) is 17.9 Å². The van der Waals surface area contributed by atoms with Gasteiger partial charge < -0.3 is 5.11 Å². The molecule has 0 aliphatic carbocycles. The number of nitrogens with one attached hydrogen (secondary N) is 1. The quantitative estimate of drug-likeness (QED) is 0.862. The Labute approximate surface area is 130 Å². The van der Waals surface area contributed by atoms with Crippen LogP contribution in [0.4, 0.5) is 10.1 Å². The van der Waals surface area contributed by atoms with Gasteiger partial charge in [-0.2, -0.15) is 0 Å². The van der Waals surface area contributed by atoms with Crippen LogP contribution in [0.2, 0.25) is 0 Å². The highest BCUT2D eigenvalue weighted by molar-refractivity contribution is 9.10. The number of hydrogen-bond acceptors (Lipinski definition) is 3. The van der Waals surface area contributed by atoms with Crippen molar-refractivity contribution in [1.29, 1.82) is 0 Å². The fraction of sp³-hybridized carbons (Fsp3) is 0.143. The van der Waals surface area contributed by atoms with Crippen molar-refractivity contribution in [2.24, 2.45) is 0 Å². The Kier molecular flexibility index (Phi) is 4.65. The highest BCUT2D eigenvalue weighted by Crippen LogP contribution is 2.28. The van der Waals surface area contributed by atoms with E-state index in [-0.39, 0.29) is 15.1 Å². The molecule has 0 radical (unpaired) electrons. The summed E-state index contributed by atoms with van der Waals surface area (Å²) >= 11 is 3.04. The van der Waals surface area contributed by atoms with E-state index in [4.69, 9.17) is 0 Å². The molecule has 2 aromatic carbocycles. The van der Waals surface area contributed by atoms with Gasteiger partial charge >= 0.3 is 0 Å². The summed E-state index contributed by atoms with van der Waals surface area (Å²) < 4.78 is 40.3. The molecular formula is C14H13BrFNO3S. The molecule has 0 heterocycles. The van der Waals surface area contributed by atoms with Crippen LogP contribution in [0.5, 0.6) is 0 Å². The zero-order valence-corrected chi connectivity index (χ0v) is 13.4. The molecule has 0 bridgehead atoms. The van der Waals surface area contributed by atoms with Gasteiger partial charge in [0, 0.05) is 10.0 Å². The van der Waals surface area contributed by atoms with E-state index in [1.165, 1.54) is 6.07 Å². The van der Waals surface area contributed by atoms with Crippen LogP contribution in [-0.4, -0.2) is 13.5 Å². The van der Waals surface area contributed by atoms with Crippen LogP contribution in [0, 0.1) is 5.82 Å². The molecule has 0 saturated carbocycles. The third-order valence-corrected chi connectivity index (χ3v) is 5.18. The van der Waals surface area contributed by atoms with Crippen molar-refractivity contribution in [1.82, 2.24) is 0 Å². The zero-order chi connectivity index (χ0) is 15.6. The number of rotatable bonds is 4. The molecule has 2 aromatic rings. The maximum absolute atomic E-state index is 13.1. The summed E-state index contributed by atoms with van der Waals surface area (Å²) in [5.41, 5.74) is 0.739. The van der Waals surface area contributed by atoms with E-state index < -0.39 is 21.9 Å². The van der Waals surface area contributed by atoms with Crippen molar-refractivity contribution in [3.8, 4) is 0 Å². The Balaban J connectivity index is 2.43. The van der Waals surface area contributed by atoms with Gasteiger partial charge in [-0.05, 0) is 47.1 Å². The molecule has 2 rings (SSSR count). The topological polar surface area (TPSA) is 66.4 Å². The highest BCUT2D eigenvalue weighted by atomic mass is 79.9. The number of aliphatic hydroxyl groups excluding tert-OH is 1. The van der Waals surface area contributed by atoms with Gasteiger partial charge in [0.1, 0.15) is 10.7 Å². The smallest absolute Gasteiger partial charge is 0.263 e. The van der Waals surface area contributed by atoms with E-state index in [9.17, 15) is 17.9 Å². The van der Waals surface area contributed by atoms with Gasteiger partial charge in [0.05, 0.1) is 11.8 Å². The van der Waals surface area contributed by atoms with Crippen LogP contribution in [0.15, 0.2) is 51.8 Å². The Morgan fingerprint density at radius 3 is 2.52 bits per heavy atom. The Bertz CT molecular complexity index is 763. The van der Waals surface area contributed by atoms with Gasteiger partial charge in [-0.15, -0.1) is 0 Å². The number of sulfonamides is 1. The summed E-state index contributed by atoms with van der Waals surface area (Å²) in [4.78, 5) is -0.0794. The molecule has 0 fully saturated rings. The summed E-state index contributed by atoms with van der Waals surface area (Å²) in [5, 5.41) is 9.67. The minimum Gasteiger partial charge on any atom is -0.389 e. The fourth-order valence-electron chi connectivity index (χ4n) is 1.85. The van der Waals surface area contributed by atoms with E-state index in [0.29, 0.717) is 5.56 Å². The molecule has 0 aliphatic rings. The maximum atomic E-state index is 13.1. The molecule has 21 heavy (non-hydrogen) atoms. The average molecular weight is 374 g/mol. The van der Waals surface area contributed by atoms with Gasteiger partial charge in [0.15, 0.2) is 0 Å². The van der Waals surface area contributed by atoms with Crippen LogP contribution in [-0.2, 0) is 10.0 Å². The molecular weight excluding hydrogens is 361 g/mol.